The summed E-state index contributed by atoms with van der Waals surface area (Å²) in [6.07, 6.45) is 4.47. The molecule has 1 nitrogen and oxygen atoms in total. The molecule has 0 saturated heterocycles. The van der Waals surface area contributed by atoms with Crippen molar-refractivity contribution in [1.82, 2.24) is 0 Å². The minimum atomic E-state index is 0.315. The van der Waals surface area contributed by atoms with Crippen LogP contribution in [0.5, 0.6) is 0 Å². The molecule has 0 amide bonds. The molecule has 0 aromatic heterocycles. The van der Waals surface area contributed by atoms with Crippen molar-refractivity contribution in [3.8, 4) is 0 Å². The quantitative estimate of drug-likeness (QED) is 0.420. The Morgan fingerprint density at radius 3 is 2.14 bits per heavy atom. The molecule has 0 aromatic carbocycles. The number of rotatable bonds is 8. The average Bonchev–Trinajstić information content (AvgIpc) is 2.22. The molecule has 0 N–H and O–H groups in total. The Morgan fingerprint density at radius 2 is 1.71 bits per heavy atom. The molecular weight excluding hydrogens is 172 g/mol. The highest BCUT2D eigenvalue weighted by molar-refractivity contribution is 5.07. The van der Waals surface area contributed by atoms with Gasteiger partial charge in [-0.3, -0.25) is 0 Å². The van der Waals surface area contributed by atoms with E-state index in [-0.39, 0.29) is 0 Å². The molecule has 0 spiro atoms. The first-order chi connectivity index (χ1) is 6.60. The second-order valence-electron chi connectivity index (χ2n) is 4.23. The van der Waals surface area contributed by atoms with E-state index in [1.54, 1.807) is 0 Å². The topological polar surface area (TPSA) is 9.23 Å². The largest absolute Gasteiger partial charge is 0.381 e. The van der Waals surface area contributed by atoms with Gasteiger partial charge in [-0.1, -0.05) is 39.8 Å². The van der Waals surface area contributed by atoms with Crippen LogP contribution < -0.4 is 0 Å². The molecule has 0 saturated carbocycles. The van der Waals surface area contributed by atoms with Crippen molar-refractivity contribution in [3.63, 3.8) is 0 Å². The summed E-state index contributed by atoms with van der Waals surface area (Å²) in [5.74, 6) is 0. The lowest BCUT2D eigenvalue weighted by Gasteiger charge is -2.29. The monoisotopic (exact) mass is 198 g/mol. The van der Waals surface area contributed by atoms with Crippen LogP contribution >= 0.6 is 0 Å². The van der Waals surface area contributed by atoms with Crippen molar-refractivity contribution in [3.05, 3.63) is 12.2 Å². The standard InChI is InChI=1S/C13H26O/c1-6-10-14-11-9-12(4)13(5,7-2)8-3/h4,6-11H2,1-3,5H3. The minimum Gasteiger partial charge on any atom is -0.381 e. The zero-order valence-electron chi connectivity index (χ0n) is 10.4. The SMILES string of the molecule is C=C(CCOCCC)C(C)(CC)CC. The summed E-state index contributed by atoms with van der Waals surface area (Å²) >= 11 is 0. The van der Waals surface area contributed by atoms with Crippen molar-refractivity contribution in [2.75, 3.05) is 13.2 Å². The summed E-state index contributed by atoms with van der Waals surface area (Å²) in [6.45, 7) is 14.8. The van der Waals surface area contributed by atoms with Crippen LogP contribution in [-0.2, 0) is 4.74 Å². The van der Waals surface area contributed by atoms with Crippen LogP contribution in [0.4, 0.5) is 0 Å². The van der Waals surface area contributed by atoms with Gasteiger partial charge in [0.1, 0.15) is 0 Å². The molecule has 0 aliphatic heterocycles. The molecule has 0 aromatic rings. The summed E-state index contributed by atoms with van der Waals surface area (Å²) in [4.78, 5) is 0. The Hall–Kier alpha value is -0.300. The lowest BCUT2D eigenvalue weighted by molar-refractivity contribution is 0.133. The predicted octanol–water partition coefficient (Wildman–Crippen LogP) is 4.19. The third-order valence-electron chi connectivity index (χ3n) is 3.31. The summed E-state index contributed by atoms with van der Waals surface area (Å²) < 4.78 is 5.48. The molecule has 14 heavy (non-hydrogen) atoms. The molecule has 0 radical (unpaired) electrons. The number of hydrogen-bond donors (Lipinski definition) is 0. The number of ether oxygens (including phenoxy) is 1. The molecule has 84 valence electrons. The van der Waals surface area contributed by atoms with Gasteiger partial charge in [-0.2, -0.15) is 0 Å². The van der Waals surface area contributed by atoms with E-state index in [2.05, 4.69) is 34.3 Å². The maximum atomic E-state index is 5.48. The molecule has 0 heterocycles. The third kappa shape index (κ3) is 4.28. The van der Waals surface area contributed by atoms with E-state index >= 15 is 0 Å². The fraction of sp³-hybridized carbons (Fsp3) is 0.846. The molecule has 0 atom stereocenters. The van der Waals surface area contributed by atoms with Gasteiger partial charge in [0.15, 0.2) is 0 Å². The molecule has 0 aliphatic rings. The van der Waals surface area contributed by atoms with E-state index in [1.807, 2.05) is 0 Å². The van der Waals surface area contributed by atoms with Crippen LogP contribution in [0, 0.1) is 5.41 Å². The van der Waals surface area contributed by atoms with Crippen LogP contribution in [0.2, 0.25) is 0 Å². The van der Waals surface area contributed by atoms with Gasteiger partial charge in [0.05, 0.1) is 6.61 Å². The molecule has 0 rings (SSSR count). The molecule has 0 aliphatic carbocycles. The molecular formula is C13H26O. The Labute approximate surface area is 89.5 Å². The molecule has 0 unspecified atom stereocenters. The molecule has 0 bridgehead atoms. The summed E-state index contributed by atoms with van der Waals surface area (Å²) in [5.41, 5.74) is 1.66. The lowest BCUT2D eigenvalue weighted by Crippen LogP contribution is -2.17. The zero-order chi connectivity index (χ0) is 11.0. The van der Waals surface area contributed by atoms with Gasteiger partial charge >= 0.3 is 0 Å². The zero-order valence-corrected chi connectivity index (χ0v) is 10.4. The van der Waals surface area contributed by atoms with E-state index in [0.717, 1.165) is 26.1 Å². The Morgan fingerprint density at radius 1 is 1.14 bits per heavy atom. The molecule has 1 heteroatoms. The Bertz CT molecular complexity index is 157. The lowest BCUT2D eigenvalue weighted by atomic mass is 9.77. The maximum absolute atomic E-state index is 5.48. The first-order valence-corrected chi connectivity index (χ1v) is 5.86. The van der Waals surface area contributed by atoms with Crippen LogP contribution in [0.25, 0.3) is 0 Å². The molecule has 0 fully saturated rings. The van der Waals surface area contributed by atoms with Gasteiger partial charge in [0.25, 0.3) is 0 Å². The van der Waals surface area contributed by atoms with E-state index in [0.29, 0.717) is 5.41 Å². The first-order valence-electron chi connectivity index (χ1n) is 5.86. The summed E-state index contributed by atoms with van der Waals surface area (Å²) in [5, 5.41) is 0. The Balaban J connectivity index is 3.82. The van der Waals surface area contributed by atoms with E-state index in [1.165, 1.54) is 18.4 Å². The minimum absolute atomic E-state index is 0.315. The van der Waals surface area contributed by atoms with Gasteiger partial charge in [0.2, 0.25) is 0 Å². The number of hydrogen-bond acceptors (Lipinski definition) is 1. The van der Waals surface area contributed by atoms with E-state index < -0.39 is 0 Å². The van der Waals surface area contributed by atoms with Gasteiger partial charge in [0, 0.05) is 6.61 Å². The van der Waals surface area contributed by atoms with Gasteiger partial charge in [-0.25, -0.2) is 0 Å². The van der Waals surface area contributed by atoms with Gasteiger partial charge < -0.3 is 4.74 Å². The fourth-order valence-corrected chi connectivity index (χ4v) is 1.49. The van der Waals surface area contributed by atoms with E-state index in [4.69, 9.17) is 4.74 Å². The maximum Gasteiger partial charge on any atom is 0.0503 e. The fourth-order valence-electron chi connectivity index (χ4n) is 1.49. The van der Waals surface area contributed by atoms with Crippen LogP contribution in [0.15, 0.2) is 12.2 Å². The smallest absolute Gasteiger partial charge is 0.0503 e. The van der Waals surface area contributed by atoms with Crippen LogP contribution in [0.1, 0.15) is 53.4 Å². The highest BCUT2D eigenvalue weighted by atomic mass is 16.5. The van der Waals surface area contributed by atoms with Crippen molar-refractivity contribution >= 4 is 0 Å². The van der Waals surface area contributed by atoms with Crippen LogP contribution in [-0.4, -0.2) is 13.2 Å². The third-order valence-corrected chi connectivity index (χ3v) is 3.31. The van der Waals surface area contributed by atoms with Crippen LogP contribution in [0.3, 0.4) is 0 Å². The second-order valence-corrected chi connectivity index (χ2v) is 4.23. The summed E-state index contributed by atoms with van der Waals surface area (Å²) in [6, 6.07) is 0. The Kier molecular flexibility index (Phi) is 6.90. The first kappa shape index (κ1) is 13.7. The summed E-state index contributed by atoms with van der Waals surface area (Å²) in [7, 11) is 0. The van der Waals surface area contributed by atoms with Crippen molar-refractivity contribution in [2.45, 2.75) is 53.4 Å². The highest BCUT2D eigenvalue weighted by Crippen LogP contribution is 2.34. The van der Waals surface area contributed by atoms with Crippen molar-refractivity contribution < 1.29 is 4.74 Å². The highest BCUT2D eigenvalue weighted by Gasteiger charge is 2.22. The van der Waals surface area contributed by atoms with Gasteiger partial charge in [-0.05, 0) is 31.1 Å². The van der Waals surface area contributed by atoms with Crippen molar-refractivity contribution in [2.24, 2.45) is 5.41 Å². The van der Waals surface area contributed by atoms with E-state index in [9.17, 15) is 0 Å². The predicted molar refractivity (Wildman–Crippen MR) is 63.6 cm³/mol. The van der Waals surface area contributed by atoms with Gasteiger partial charge in [-0.15, -0.1) is 0 Å². The van der Waals surface area contributed by atoms with Crippen molar-refractivity contribution in [1.29, 1.82) is 0 Å². The average molecular weight is 198 g/mol. The normalized spacial score (nSPS) is 11.7. The second kappa shape index (κ2) is 7.05.